The molecular weight excluding hydrogens is 215 g/mol. The molecule has 0 radical (unpaired) electrons. The van der Waals surface area contributed by atoms with Crippen molar-refractivity contribution >= 4 is 20.1 Å². The second-order valence-corrected chi connectivity index (χ2v) is 3.27. The number of rotatable bonds is 3. The molecule has 0 aromatic heterocycles. The first kappa shape index (κ1) is 9.46. The Hall–Kier alpha value is -0.631. The van der Waals surface area contributed by atoms with Gasteiger partial charge < -0.3 is 0 Å². The van der Waals surface area contributed by atoms with Crippen LogP contribution in [0.5, 0.6) is 0 Å². The Morgan fingerprint density at radius 3 is 2.42 bits per heavy atom. The van der Waals surface area contributed by atoms with Gasteiger partial charge in [0.25, 0.3) is 0 Å². The van der Waals surface area contributed by atoms with Crippen LogP contribution in [0.3, 0.4) is 0 Å². The van der Waals surface area contributed by atoms with E-state index in [4.69, 9.17) is 0 Å². The molecule has 0 aliphatic carbocycles. The van der Waals surface area contributed by atoms with E-state index in [0.29, 0.717) is 0 Å². The third-order valence-corrected chi connectivity index (χ3v) is 2.73. The topological polar surface area (TPSA) is 15.3 Å². The molecule has 0 saturated carbocycles. The summed E-state index contributed by atoms with van der Waals surface area (Å²) in [5, 5.41) is 1.94. The van der Waals surface area contributed by atoms with Gasteiger partial charge in [-0.05, 0) is 0 Å². The normalized spacial score (nSPS) is 9.50. The fraction of sp³-hybridized carbons (Fsp3) is 0.222. The van der Waals surface area contributed by atoms with Gasteiger partial charge >= 0.3 is 80.5 Å². The van der Waals surface area contributed by atoms with Crippen LogP contribution in [0.4, 0.5) is 0 Å². The van der Waals surface area contributed by atoms with Gasteiger partial charge in [0.15, 0.2) is 0 Å². The average molecular weight is 227 g/mol. The molecule has 64 valence electrons. The fourth-order valence-corrected chi connectivity index (χ4v) is 1.35. The summed E-state index contributed by atoms with van der Waals surface area (Å²) >= 11 is 3.02. The summed E-state index contributed by atoms with van der Waals surface area (Å²) < 4.78 is 1.10. The first-order valence-corrected chi connectivity index (χ1v) is 4.62. The van der Waals surface area contributed by atoms with Gasteiger partial charge in [-0.15, -0.1) is 0 Å². The number of hydrogen-bond acceptors (Lipinski definition) is 2. The van der Waals surface area contributed by atoms with Crippen molar-refractivity contribution in [2.24, 2.45) is 0 Å². The molecule has 0 atom stereocenters. The molecule has 2 nitrogen and oxygen atoms in total. The van der Waals surface area contributed by atoms with Crippen LogP contribution in [0.2, 0.25) is 0 Å². The predicted molar refractivity (Wildman–Crippen MR) is 53.1 cm³/mol. The van der Waals surface area contributed by atoms with Gasteiger partial charge in [0.1, 0.15) is 0 Å². The predicted octanol–water partition coefficient (Wildman–Crippen LogP) is 0.399. The van der Waals surface area contributed by atoms with Crippen LogP contribution in [0.15, 0.2) is 30.3 Å². The summed E-state index contributed by atoms with van der Waals surface area (Å²) in [4.78, 5) is 0. The van der Waals surface area contributed by atoms with Crippen LogP contribution >= 0.6 is 0 Å². The Morgan fingerprint density at radius 1 is 1.33 bits per heavy atom. The first-order chi connectivity index (χ1) is 5.75. The molecule has 12 heavy (non-hydrogen) atoms. The Balaban J connectivity index is 2.79. The van der Waals surface area contributed by atoms with E-state index >= 15 is 0 Å². The Morgan fingerprint density at radius 2 is 1.92 bits per heavy atom. The number of nitrogens with zero attached hydrogens (tertiary/aromatic N) is 1. The van der Waals surface area contributed by atoms with Crippen molar-refractivity contribution in [3.05, 3.63) is 35.9 Å². The van der Waals surface area contributed by atoms with Crippen LogP contribution in [0.25, 0.3) is 0 Å². The molecule has 0 heterocycles. The van der Waals surface area contributed by atoms with Gasteiger partial charge in [-0.3, -0.25) is 0 Å². The summed E-state index contributed by atoms with van der Waals surface area (Å²) in [6.45, 7) is 0. The summed E-state index contributed by atoms with van der Waals surface area (Å²) in [6.07, 6.45) is 0. The maximum absolute atomic E-state index is 3.03. The van der Waals surface area contributed by atoms with E-state index in [1.165, 1.54) is 5.56 Å². The van der Waals surface area contributed by atoms with E-state index in [0.717, 1.165) is 4.54 Å². The summed E-state index contributed by atoms with van der Waals surface area (Å²) in [7, 11) is 3.86. The van der Waals surface area contributed by atoms with E-state index in [2.05, 4.69) is 33.1 Å². The van der Waals surface area contributed by atoms with Gasteiger partial charge in [0.2, 0.25) is 0 Å². The zero-order valence-electron chi connectivity index (χ0n) is 7.24. The van der Waals surface area contributed by atoms with Gasteiger partial charge in [-0.2, -0.15) is 0 Å². The molecule has 0 unspecified atom stereocenters. The van der Waals surface area contributed by atoms with Gasteiger partial charge in [0.05, 0.1) is 0 Å². The molecule has 1 aromatic carbocycles. The number of benzene rings is 1. The quantitative estimate of drug-likeness (QED) is 0.594. The second-order valence-electron chi connectivity index (χ2n) is 2.45. The van der Waals surface area contributed by atoms with Crippen LogP contribution in [0.1, 0.15) is 5.56 Å². The molecule has 0 saturated heterocycles. The van der Waals surface area contributed by atoms with E-state index in [1.807, 2.05) is 37.3 Å². The molecule has 0 fully saturated rings. The summed E-state index contributed by atoms with van der Waals surface area (Å²) in [5.74, 6) is 0. The molecule has 0 amide bonds. The molecular formula is C9H12N2Se. The third kappa shape index (κ3) is 2.18. The van der Waals surface area contributed by atoms with E-state index in [9.17, 15) is 0 Å². The van der Waals surface area contributed by atoms with Crippen molar-refractivity contribution in [1.82, 2.24) is 10.4 Å². The number of hydrogen-bond donors (Lipinski definition) is 1. The molecule has 1 N–H and O–H groups in total. The molecule has 0 aliphatic heterocycles. The fourth-order valence-electron chi connectivity index (χ4n) is 0.876. The zero-order chi connectivity index (χ0) is 8.97. The second kappa shape index (κ2) is 4.41. The monoisotopic (exact) mass is 228 g/mol. The molecule has 1 rings (SSSR count). The molecule has 1 aromatic rings. The Bertz CT molecular complexity index is 258. The standard InChI is InChI=1S/C9H12N2Se/c1-10-11(2)9(12)8-6-4-3-5-7-8/h3-7,10H,1-2H3. The van der Waals surface area contributed by atoms with Gasteiger partial charge in [-0.1, -0.05) is 0 Å². The van der Waals surface area contributed by atoms with Crippen molar-refractivity contribution in [2.45, 2.75) is 0 Å². The third-order valence-electron chi connectivity index (χ3n) is 1.66. The minimum atomic E-state index is 1.10. The first-order valence-electron chi connectivity index (χ1n) is 3.76. The summed E-state index contributed by atoms with van der Waals surface area (Å²) in [5.41, 5.74) is 4.22. The molecule has 0 spiro atoms. The Labute approximate surface area is 80.9 Å². The van der Waals surface area contributed by atoms with Crippen molar-refractivity contribution in [3.63, 3.8) is 0 Å². The minimum absolute atomic E-state index is 1.10. The average Bonchev–Trinajstić information content (AvgIpc) is 2.17. The number of hydrazine groups is 1. The molecule has 0 bridgehead atoms. The number of nitrogens with one attached hydrogen (secondary N) is 1. The van der Waals surface area contributed by atoms with Crippen molar-refractivity contribution < 1.29 is 0 Å². The van der Waals surface area contributed by atoms with Crippen LogP contribution in [-0.2, 0) is 0 Å². The summed E-state index contributed by atoms with van der Waals surface area (Å²) in [6, 6.07) is 10.2. The van der Waals surface area contributed by atoms with E-state index in [-0.39, 0.29) is 0 Å². The van der Waals surface area contributed by atoms with E-state index < -0.39 is 0 Å². The van der Waals surface area contributed by atoms with E-state index in [1.54, 1.807) is 0 Å². The SMILES string of the molecule is CNN(C)C(=[Se])c1ccccc1. The van der Waals surface area contributed by atoms with Crippen molar-refractivity contribution in [3.8, 4) is 0 Å². The Kier molecular flexibility index (Phi) is 3.47. The van der Waals surface area contributed by atoms with Crippen molar-refractivity contribution in [2.75, 3.05) is 14.1 Å². The van der Waals surface area contributed by atoms with Gasteiger partial charge in [0, 0.05) is 0 Å². The van der Waals surface area contributed by atoms with Gasteiger partial charge in [-0.25, -0.2) is 0 Å². The van der Waals surface area contributed by atoms with Crippen LogP contribution in [0, 0.1) is 0 Å². The molecule has 3 heteroatoms. The van der Waals surface area contributed by atoms with Crippen LogP contribution in [-0.4, -0.2) is 39.2 Å². The van der Waals surface area contributed by atoms with Crippen molar-refractivity contribution in [1.29, 1.82) is 0 Å². The molecule has 0 aliphatic rings. The zero-order valence-corrected chi connectivity index (χ0v) is 8.96. The van der Waals surface area contributed by atoms with Crippen LogP contribution < -0.4 is 5.43 Å². The maximum atomic E-state index is 3.03.